The van der Waals surface area contributed by atoms with Crippen molar-refractivity contribution < 1.29 is 71.9 Å². The number of carbonyl (C=O) groups is 4. The molecule has 0 bridgehead atoms. The number of β-lactam (4-membered cyclic amide) rings is 1. The van der Waals surface area contributed by atoms with Crippen LogP contribution in [0.15, 0.2) is 47.2 Å². The number of halogens is 3. The first-order chi connectivity index (χ1) is 16.9. The van der Waals surface area contributed by atoms with Crippen LogP contribution in [0.25, 0.3) is 0 Å². The van der Waals surface area contributed by atoms with E-state index in [0.717, 1.165) is 4.90 Å². The molecule has 1 aromatic carbocycles. The molecule has 3 fully saturated rings. The molecule has 0 aromatic heterocycles. The third-order valence-electron chi connectivity index (χ3n) is 6.91. The van der Waals surface area contributed by atoms with Gasteiger partial charge in [0.1, 0.15) is 6.04 Å². The summed E-state index contributed by atoms with van der Waals surface area (Å²) in [6, 6.07) is 3.10. The number of likely N-dealkylation sites (tertiary alicyclic amines) is 1. The standard InChI is InChI=1S/C22H17F3N4O7.Na/c23-22(24,25)21(34)27-9-12-7-11(16(20(32)33)28-15(12)17(27)19(28)31)6-10-4-5-26(18(10)30)13-2-1-3-14(8-13)29(35)36;/h1-3,6,8,12,15,17H,4-5,7,9H2,(H,32,33);/q;+1/p-1/b10-6+;/t12?,15-,17?;/m1./s1. The monoisotopic (exact) mass is 528 g/mol. The molecular weight excluding hydrogens is 512 g/mol. The summed E-state index contributed by atoms with van der Waals surface area (Å²) < 4.78 is 39.1. The van der Waals surface area contributed by atoms with E-state index in [2.05, 4.69) is 0 Å². The Kier molecular flexibility index (Phi) is 6.71. The van der Waals surface area contributed by atoms with Gasteiger partial charge in [0.15, 0.2) is 0 Å². The summed E-state index contributed by atoms with van der Waals surface area (Å²) in [6.45, 7) is -0.235. The van der Waals surface area contributed by atoms with Crippen molar-refractivity contribution in [1.82, 2.24) is 9.80 Å². The Morgan fingerprint density at radius 2 is 1.89 bits per heavy atom. The van der Waals surface area contributed by atoms with E-state index in [-0.39, 0.29) is 71.5 Å². The van der Waals surface area contributed by atoms with Crippen LogP contribution in [0.3, 0.4) is 0 Å². The Bertz CT molecular complexity index is 1310. The van der Waals surface area contributed by atoms with Gasteiger partial charge in [0.05, 0.1) is 28.3 Å². The predicted molar refractivity (Wildman–Crippen MR) is 110 cm³/mol. The Balaban J connectivity index is 0.00000320. The number of anilines is 1. The molecular formula is C22H16F3N4NaO7. The van der Waals surface area contributed by atoms with E-state index in [1.54, 1.807) is 0 Å². The SMILES string of the molecule is O=C([O-])C1=C(/C=C2\CCN(c3cccc([N+](=O)[O-])c3)C2=O)CC2CN(C(=O)C(F)(F)F)C3C(=O)N1[C@H]23.[Na+]. The number of amides is 3. The van der Waals surface area contributed by atoms with Gasteiger partial charge in [-0.15, -0.1) is 0 Å². The van der Waals surface area contributed by atoms with E-state index in [4.69, 9.17) is 0 Å². The zero-order chi connectivity index (χ0) is 26.1. The van der Waals surface area contributed by atoms with Crippen LogP contribution in [-0.4, -0.2) is 69.8 Å². The number of allylic oxidation sites excluding steroid dienone is 2. The minimum Gasteiger partial charge on any atom is -0.543 e. The van der Waals surface area contributed by atoms with Gasteiger partial charge in [0.2, 0.25) is 0 Å². The molecule has 2 unspecified atom stereocenters. The predicted octanol–water partition coefficient (Wildman–Crippen LogP) is -2.73. The van der Waals surface area contributed by atoms with Gasteiger partial charge in [-0.05, 0) is 30.6 Å². The minimum atomic E-state index is -5.18. The van der Waals surface area contributed by atoms with Crippen LogP contribution < -0.4 is 39.6 Å². The van der Waals surface area contributed by atoms with Crippen molar-refractivity contribution in [3.8, 4) is 0 Å². The van der Waals surface area contributed by atoms with E-state index in [1.165, 1.54) is 35.2 Å². The summed E-state index contributed by atoms with van der Waals surface area (Å²) in [6.07, 6.45) is -3.82. The largest absolute Gasteiger partial charge is 1.00 e. The number of nitrogens with zero attached hydrogens (tertiary/aromatic N) is 4. The molecule has 5 rings (SSSR count). The molecule has 4 heterocycles. The summed E-state index contributed by atoms with van der Waals surface area (Å²) in [5.74, 6) is -6.03. The van der Waals surface area contributed by atoms with Crippen LogP contribution >= 0.6 is 0 Å². The normalized spacial score (nSPS) is 25.8. The number of hydrogen-bond donors (Lipinski definition) is 0. The number of nitro groups is 1. The van der Waals surface area contributed by atoms with Crippen molar-refractivity contribution in [1.29, 1.82) is 0 Å². The molecule has 4 aliphatic heterocycles. The number of rotatable bonds is 4. The number of nitro benzene ring substituents is 1. The number of non-ortho nitro benzene ring substituents is 1. The molecule has 3 amide bonds. The van der Waals surface area contributed by atoms with Crippen molar-refractivity contribution in [3.63, 3.8) is 0 Å². The van der Waals surface area contributed by atoms with Gasteiger partial charge in [-0.25, -0.2) is 0 Å². The maximum absolute atomic E-state index is 13.0. The molecule has 0 spiro atoms. The van der Waals surface area contributed by atoms with E-state index in [0.29, 0.717) is 4.90 Å². The van der Waals surface area contributed by atoms with E-state index >= 15 is 0 Å². The van der Waals surface area contributed by atoms with Gasteiger partial charge in [-0.3, -0.25) is 24.5 Å². The molecule has 0 saturated carbocycles. The fourth-order valence-electron chi connectivity index (χ4n) is 5.44. The van der Waals surface area contributed by atoms with Crippen molar-refractivity contribution in [3.05, 3.63) is 57.3 Å². The number of alkyl halides is 3. The summed E-state index contributed by atoms with van der Waals surface area (Å²) in [4.78, 5) is 62.5. The van der Waals surface area contributed by atoms with Gasteiger partial charge in [-0.2, -0.15) is 13.2 Å². The van der Waals surface area contributed by atoms with Crippen LogP contribution in [0.4, 0.5) is 24.5 Å². The first-order valence-corrected chi connectivity index (χ1v) is 10.8. The molecule has 3 saturated heterocycles. The summed E-state index contributed by atoms with van der Waals surface area (Å²) in [5, 5.41) is 23.0. The third kappa shape index (κ3) is 4.22. The Labute approximate surface area is 228 Å². The summed E-state index contributed by atoms with van der Waals surface area (Å²) in [7, 11) is 0. The van der Waals surface area contributed by atoms with Crippen molar-refractivity contribution in [2.24, 2.45) is 5.92 Å². The van der Waals surface area contributed by atoms with Crippen LogP contribution in [0, 0.1) is 16.0 Å². The second-order valence-electron chi connectivity index (χ2n) is 8.88. The molecule has 1 aromatic rings. The molecule has 15 heteroatoms. The summed E-state index contributed by atoms with van der Waals surface area (Å²) in [5.41, 5.74) is -0.280. The average Bonchev–Trinajstić information content (AvgIpc) is 3.35. The fourth-order valence-corrected chi connectivity index (χ4v) is 5.44. The quantitative estimate of drug-likeness (QED) is 0.136. The smallest absolute Gasteiger partial charge is 0.543 e. The van der Waals surface area contributed by atoms with Gasteiger partial charge < -0.3 is 24.6 Å². The number of carboxylic acid groups (broad SMARTS) is 1. The molecule has 0 aliphatic carbocycles. The maximum atomic E-state index is 13.0. The maximum Gasteiger partial charge on any atom is 1.00 e. The number of aliphatic carboxylic acids is 1. The Morgan fingerprint density at radius 3 is 2.51 bits per heavy atom. The molecule has 0 N–H and O–H groups in total. The van der Waals surface area contributed by atoms with E-state index in [9.17, 15) is 47.6 Å². The van der Waals surface area contributed by atoms with Crippen LogP contribution in [-0.2, 0) is 19.2 Å². The van der Waals surface area contributed by atoms with Gasteiger partial charge in [0, 0.05) is 36.7 Å². The van der Waals surface area contributed by atoms with Crippen molar-refractivity contribution >= 4 is 35.1 Å². The fraction of sp³-hybridized carbons (Fsp3) is 0.364. The number of carboxylic acids is 1. The Hall–Kier alpha value is -3.23. The zero-order valence-electron chi connectivity index (χ0n) is 19.2. The first-order valence-electron chi connectivity index (χ1n) is 10.8. The molecule has 11 nitrogen and oxygen atoms in total. The van der Waals surface area contributed by atoms with Crippen LogP contribution in [0.1, 0.15) is 12.8 Å². The topological polar surface area (TPSA) is 144 Å². The van der Waals surface area contributed by atoms with Gasteiger partial charge in [-0.1, -0.05) is 6.07 Å². The minimum absolute atomic E-state index is 0. The van der Waals surface area contributed by atoms with Crippen LogP contribution in [0.5, 0.6) is 0 Å². The van der Waals surface area contributed by atoms with Crippen LogP contribution in [0.2, 0.25) is 0 Å². The van der Waals surface area contributed by atoms with E-state index < -0.39 is 65.0 Å². The van der Waals surface area contributed by atoms with E-state index in [1.807, 2.05) is 0 Å². The molecule has 4 aliphatic rings. The molecule has 188 valence electrons. The van der Waals surface area contributed by atoms with Crippen molar-refractivity contribution in [2.75, 3.05) is 18.0 Å². The molecule has 37 heavy (non-hydrogen) atoms. The van der Waals surface area contributed by atoms with Gasteiger partial charge >= 0.3 is 41.6 Å². The Morgan fingerprint density at radius 1 is 1.19 bits per heavy atom. The summed E-state index contributed by atoms with van der Waals surface area (Å²) >= 11 is 0. The number of hydrogen-bond acceptors (Lipinski definition) is 7. The van der Waals surface area contributed by atoms with Crippen molar-refractivity contribution in [2.45, 2.75) is 31.1 Å². The zero-order valence-corrected chi connectivity index (χ0v) is 21.2. The number of carbonyl (C=O) groups excluding carboxylic acids is 4. The molecule has 3 atom stereocenters. The number of benzene rings is 1. The molecule has 0 radical (unpaired) electrons. The van der Waals surface area contributed by atoms with Gasteiger partial charge in [0.25, 0.3) is 17.5 Å². The second kappa shape index (κ2) is 9.26. The third-order valence-corrected chi connectivity index (χ3v) is 6.91. The first kappa shape index (κ1) is 26.8. The second-order valence-corrected chi connectivity index (χ2v) is 8.88. The average molecular weight is 528 g/mol.